The molecule has 2 aliphatic rings. The molecule has 1 N–H and O–H groups in total. The van der Waals surface area contributed by atoms with Crippen LogP contribution >= 0.6 is 0 Å². The molecule has 0 aromatic heterocycles. The molecular weight excluding hydrogens is 333 g/mol. The van der Waals surface area contributed by atoms with Crippen molar-refractivity contribution < 1.29 is 19.1 Å². The van der Waals surface area contributed by atoms with Gasteiger partial charge in [-0.25, -0.2) is 4.39 Å². The van der Waals surface area contributed by atoms with E-state index in [1.807, 2.05) is 6.92 Å². The number of anilines is 1. The van der Waals surface area contributed by atoms with Gasteiger partial charge in [0.05, 0.1) is 5.69 Å². The number of carbonyl (C=O) groups is 2. The van der Waals surface area contributed by atoms with Gasteiger partial charge in [-0.05, 0) is 68.1 Å². The molecule has 1 saturated carbocycles. The Hall–Kier alpha value is -1.91. The first-order valence-corrected chi connectivity index (χ1v) is 9.72. The highest BCUT2D eigenvalue weighted by Crippen LogP contribution is 2.47. The lowest BCUT2D eigenvalue weighted by Gasteiger charge is -2.46. The Kier molecular flexibility index (Phi) is 5.64. The molecule has 2 fully saturated rings. The van der Waals surface area contributed by atoms with E-state index in [4.69, 9.17) is 5.11 Å². The minimum Gasteiger partial charge on any atom is -0.481 e. The number of piperidine rings is 1. The van der Waals surface area contributed by atoms with E-state index in [1.165, 1.54) is 6.07 Å². The number of rotatable bonds is 5. The van der Waals surface area contributed by atoms with Crippen LogP contribution in [0.25, 0.3) is 0 Å². The maximum atomic E-state index is 14.3. The molecule has 4 nitrogen and oxygen atoms in total. The van der Waals surface area contributed by atoms with Crippen molar-refractivity contribution in [3.8, 4) is 0 Å². The molecule has 1 aromatic rings. The van der Waals surface area contributed by atoms with Crippen LogP contribution in [0.1, 0.15) is 68.6 Å². The highest BCUT2D eigenvalue weighted by Gasteiger charge is 2.38. The van der Waals surface area contributed by atoms with Crippen molar-refractivity contribution in [1.82, 2.24) is 0 Å². The molecule has 142 valence electrons. The summed E-state index contributed by atoms with van der Waals surface area (Å²) in [4.78, 5) is 24.9. The van der Waals surface area contributed by atoms with E-state index in [2.05, 4.69) is 4.90 Å². The molecule has 3 rings (SSSR count). The van der Waals surface area contributed by atoms with Gasteiger partial charge in [0.25, 0.3) is 0 Å². The molecule has 1 aliphatic heterocycles. The summed E-state index contributed by atoms with van der Waals surface area (Å²) in [6.07, 6.45) is 6.86. The lowest BCUT2D eigenvalue weighted by molar-refractivity contribution is -0.138. The molecule has 5 heteroatoms. The summed E-state index contributed by atoms with van der Waals surface area (Å²) in [6, 6.07) is 4.67. The van der Waals surface area contributed by atoms with Gasteiger partial charge in [0.15, 0.2) is 5.78 Å². The zero-order valence-corrected chi connectivity index (χ0v) is 15.5. The van der Waals surface area contributed by atoms with Crippen LogP contribution in [0.5, 0.6) is 0 Å². The van der Waals surface area contributed by atoms with E-state index in [0.29, 0.717) is 29.0 Å². The number of hydrogen-bond donors (Lipinski definition) is 1. The maximum Gasteiger partial charge on any atom is 0.303 e. The zero-order valence-electron chi connectivity index (χ0n) is 15.5. The molecule has 0 bridgehead atoms. The maximum absolute atomic E-state index is 14.3. The molecule has 26 heavy (non-hydrogen) atoms. The van der Waals surface area contributed by atoms with E-state index in [1.54, 1.807) is 12.1 Å². The van der Waals surface area contributed by atoms with Crippen molar-refractivity contribution in [2.75, 3.05) is 18.0 Å². The van der Waals surface area contributed by atoms with Crippen LogP contribution in [0.3, 0.4) is 0 Å². The fraction of sp³-hybridized carbons (Fsp3) is 0.619. The summed E-state index contributed by atoms with van der Waals surface area (Å²) in [7, 11) is 0. The highest BCUT2D eigenvalue weighted by atomic mass is 19.1. The number of nitrogens with zero attached hydrogens (tertiary/aromatic N) is 1. The molecule has 0 amide bonds. The van der Waals surface area contributed by atoms with Gasteiger partial charge in [0, 0.05) is 31.5 Å². The number of ketones is 1. The van der Waals surface area contributed by atoms with Crippen molar-refractivity contribution in [2.45, 2.75) is 58.3 Å². The van der Waals surface area contributed by atoms with E-state index in [-0.39, 0.29) is 18.0 Å². The van der Waals surface area contributed by atoms with E-state index in [9.17, 15) is 14.0 Å². The van der Waals surface area contributed by atoms with Gasteiger partial charge in [-0.15, -0.1) is 0 Å². The lowest BCUT2D eigenvalue weighted by atomic mass is 9.65. The van der Waals surface area contributed by atoms with E-state index < -0.39 is 5.97 Å². The molecule has 1 aliphatic carbocycles. The second-order valence-electron chi connectivity index (χ2n) is 7.97. The van der Waals surface area contributed by atoms with Gasteiger partial charge in [-0.2, -0.15) is 0 Å². The number of benzene rings is 1. The van der Waals surface area contributed by atoms with Gasteiger partial charge in [0.2, 0.25) is 0 Å². The number of carbonyl (C=O) groups excluding carboxylic acids is 1. The molecular formula is C21H28FNO3. The number of halogens is 1. The second kappa shape index (κ2) is 7.77. The van der Waals surface area contributed by atoms with Crippen LogP contribution in [0, 0.1) is 17.2 Å². The molecule has 1 saturated heterocycles. The van der Waals surface area contributed by atoms with Gasteiger partial charge in [0.1, 0.15) is 5.82 Å². The standard InChI is InChI=1S/C21H28FNO3/c1-2-19(24)16-3-4-17(22)18(14-16)23-11-9-21(10-12-23)7-5-15(6-8-21)13-20(25)26/h3-4,14-15H,2,5-13H2,1H3,(H,25,26). The normalized spacial score (nSPS) is 20.3. The van der Waals surface area contributed by atoms with Crippen LogP contribution in [-0.2, 0) is 4.79 Å². The number of hydrogen-bond acceptors (Lipinski definition) is 3. The average molecular weight is 361 g/mol. The van der Waals surface area contributed by atoms with E-state index in [0.717, 1.165) is 51.6 Å². The monoisotopic (exact) mass is 361 g/mol. The van der Waals surface area contributed by atoms with Crippen LogP contribution in [0.2, 0.25) is 0 Å². The number of carboxylic acid groups (broad SMARTS) is 1. The van der Waals surface area contributed by atoms with Gasteiger partial charge < -0.3 is 10.0 Å². The Balaban J connectivity index is 1.62. The largest absolute Gasteiger partial charge is 0.481 e. The Bertz CT molecular complexity index is 670. The topological polar surface area (TPSA) is 57.6 Å². The predicted molar refractivity (Wildman–Crippen MR) is 99.1 cm³/mol. The smallest absolute Gasteiger partial charge is 0.303 e. The van der Waals surface area contributed by atoms with Crippen molar-refractivity contribution in [1.29, 1.82) is 0 Å². The third-order valence-electron chi connectivity index (χ3n) is 6.38. The highest BCUT2D eigenvalue weighted by molar-refractivity contribution is 5.96. The summed E-state index contributed by atoms with van der Waals surface area (Å²) < 4.78 is 14.3. The molecule has 1 spiro atoms. The minimum absolute atomic E-state index is 0.0384. The minimum atomic E-state index is -0.697. The summed E-state index contributed by atoms with van der Waals surface area (Å²) >= 11 is 0. The molecule has 1 aromatic carbocycles. The van der Waals surface area contributed by atoms with Gasteiger partial charge in [-0.3, -0.25) is 9.59 Å². The summed E-state index contributed by atoms with van der Waals surface area (Å²) in [5.41, 5.74) is 1.41. The SMILES string of the molecule is CCC(=O)c1ccc(F)c(N2CCC3(CCC(CC(=O)O)CC3)CC2)c1. The fourth-order valence-electron chi connectivity index (χ4n) is 4.60. The Morgan fingerprint density at radius 2 is 1.85 bits per heavy atom. The Morgan fingerprint density at radius 3 is 2.42 bits per heavy atom. The van der Waals surface area contributed by atoms with Gasteiger partial charge >= 0.3 is 5.97 Å². The predicted octanol–water partition coefficient (Wildman–Crippen LogP) is 4.67. The summed E-state index contributed by atoms with van der Waals surface area (Å²) in [5, 5.41) is 8.97. The first-order valence-electron chi connectivity index (χ1n) is 9.72. The molecule has 1 heterocycles. The lowest BCUT2D eigenvalue weighted by Crippen LogP contribution is -2.42. The van der Waals surface area contributed by atoms with Crippen molar-refractivity contribution in [3.63, 3.8) is 0 Å². The quantitative estimate of drug-likeness (QED) is 0.774. The molecule has 0 atom stereocenters. The van der Waals surface area contributed by atoms with E-state index >= 15 is 0 Å². The third-order valence-corrected chi connectivity index (χ3v) is 6.38. The first kappa shape index (κ1) is 18.9. The third kappa shape index (κ3) is 4.08. The van der Waals surface area contributed by atoms with Crippen LogP contribution in [0.4, 0.5) is 10.1 Å². The van der Waals surface area contributed by atoms with Gasteiger partial charge in [-0.1, -0.05) is 6.92 Å². The summed E-state index contributed by atoms with van der Waals surface area (Å²) in [6.45, 7) is 3.41. The second-order valence-corrected chi connectivity index (χ2v) is 7.97. The zero-order chi connectivity index (χ0) is 18.7. The van der Waals surface area contributed by atoms with Crippen molar-refractivity contribution >= 4 is 17.4 Å². The summed E-state index contributed by atoms with van der Waals surface area (Å²) in [5.74, 6) is -0.613. The molecule has 0 unspecified atom stereocenters. The number of aliphatic carboxylic acids is 1. The van der Waals surface area contributed by atoms with Crippen LogP contribution in [0.15, 0.2) is 18.2 Å². The van der Waals surface area contributed by atoms with Crippen LogP contribution in [-0.4, -0.2) is 29.9 Å². The van der Waals surface area contributed by atoms with Crippen molar-refractivity contribution in [2.24, 2.45) is 11.3 Å². The fourth-order valence-corrected chi connectivity index (χ4v) is 4.60. The first-order chi connectivity index (χ1) is 12.4. The Morgan fingerprint density at radius 1 is 1.19 bits per heavy atom. The van der Waals surface area contributed by atoms with Crippen LogP contribution < -0.4 is 4.90 Å². The number of Topliss-reactive ketones (excluding diaryl/α,β-unsaturated/α-hetero) is 1. The Labute approximate surface area is 154 Å². The average Bonchev–Trinajstić information content (AvgIpc) is 2.64. The van der Waals surface area contributed by atoms with Crippen molar-refractivity contribution in [3.05, 3.63) is 29.6 Å². The molecule has 0 radical (unpaired) electrons. The number of carboxylic acids is 1.